The molecule has 0 bridgehead atoms. The van der Waals surface area contributed by atoms with Gasteiger partial charge in [-0.25, -0.2) is 0 Å². The predicted octanol–water partition coefficient (Wildman–Crippen LogP) is 4.71. The van der Waals surface area contributed by atoms with Crippen molar-refractivity contribution >= 4 is 21.8 Å². The zero-order valence-corrected chi connectivity index (χ0v) is 12.9. The van der Waals surface area contributed by atoms with Gasteiger partial charge in [-0.1, -0.05) is 48.5 Å². The maximum atomic E-state index is 8.97. The van der Waals surface area contributed by atoms with E-state index in [4.69, 9.17) is 5.11 Å². The van der Waals surface area contributed by atoms with Crippen molar-refractivity contribution in [1.82, 2.24) is 4.57 Å². The van der Waals surface area contributed by atoms with Crippen LogP contribution < -0.4 is 0 Å². The number of nitrogens with zero attached hydrogens (tertiary/aromatic N) is 1. The summed E-state index contributed by atoms with van der Waals surface area (Å²) in [6.45, 7) is 0.245. The van der Waals surface area contributed by atoms with Crippen LogP contribution in [0.4, 0.5) is 0 Å². The van der Waals surface area contributed by atoms with Gasteiger partial charge in [-0.05, 0) is 42.7 Å². The second kappa shape index (κ2) is 5.90. The summed E-state index contributed by atoms with van der Waals surface area (Å²) in [7, 11) is 0. The monoisotopic (exact) mass is 301 g/mol. The molecule has 4 rings (SSSR count). The van der Waals surface area contributed by atoms with E-state index in [0.717, 1.165) is 12.8 Å². The average molecular weight is 301 g/mol. The third-order valence-electron chi connectivity index (χ3n) is 4.40. The Bertz CT molecular complexity index is 897. The van der Waals surface area contributed by atoms with Crippen LogP contribution in [-0.2, 0) is 6.42 Å². The Hall–Kier alpha value is -2.58. The number of fused-ring (bicyclic) bond motifs is 3. The SMILES string of the molecule is OCCCc1ccc(-n2c3ccccc3c3ccccc32)cc1. The van der Waals surface area contributed by atoms with Crippen molar-refractivity contribution in [2.75, 3.05) is 6.61 Å². The van der Waals surface area contributed by atoms with Gasteiger partial charge in [0, 0.05) is 23.1 Å². The summed E-state index contributed by atoms with van der Waals surface area (Å²) in [5.41, 5.74) is 4.91. The Labute approximate surface area is 135 Å². The van der Waals surface area contributed by atoms with Crippen molar-refractivity contribution in [3.8, 4) is 5.69 Å². The highest BCUT2D eigenvalue weighted by molar-refractivity contribution is 6.09. The minimum Gasteiger partial charge on any atom is -0.396 e. The zero-order chi connectivity index (χ0) is 15.6. The van der Waals surface area contributed by atoms with Crippen LogP contribution in [0.2, 0.25) is 0 Å². The molecule has 0 amide bonds. The quantitative estimate of drug-likeness (QED) is 0.580. The molecular weight excluding hydrogens is 282 g/mol. The minimum atomic E-state index is 0.245. The fourth-order valence-electron chi connectivity index (χ4n) is 3.30. The van der Waals surface area contributed by atoms with E-state index in [-0.39, 0.29) is 6.61 Å². The van der Waals surface area contributed by atoms with Gasteiger partial charge >= 0.3 is 0 Å². The van der Waals surface area contributed by atoms with Gasteiger partial charge in [-0.15, -0.1) is 0 Å². The average Bonchev–Trinajstić information content (AvgIpc) is 2.95. The molecule has 0 aliphatic carbocycles. The Morgan fingerprint density at radius 3 is 1.83 bits per heavy atom. The van der Waals surface area contributed by atoms with Crippen LogP contribution in [0.25, 0.3) is 27.5 Å². The molecule has 0 aliphatic heterocycles. The van der Waals surface area contributed by atoms with Gasteiger partial charge in [-0.3, -0.25) is 0 Å². The van der Waals surface area contributed by atoms with E-state index in [9.17, 15) is 0 Å². The maximum Gasteiger partial charge on any atom is 0.0541 e. The molecule has 0 unspecified atom stereocenters. The standard InChI is InChI=1S/C21H19NO/c23-15-5-6-16-11-13-17(14-12-16)22-20-9-3-1-7-18(20)19-8-2-4-10-21(19)22/h1-4,7-14,23H,5-6,15H2. The van der Waals surface area contributed by atoms with E-state index >= 15 is 0 Å². The summed E-state index contributed by atoms with van der Waals surface area (Å²) >= 11 is 0. The second-order valence-electron chi connectivity index (χ2n) is 5.86. The van der Waals surface area contributed by atoms with Gasteiger partial charge in [0.05, 0.1) is 11.0 Å². The summed E-state index contributed by atoms with van der Waals surface area (Å²) in [5, 5.41) is 11.5. The molecule has 0 aliphatic rings. The molecule has 1 N–H and O–H groups in total. The predicted molar refractivity (Wildman–Crippen MR) is 96.2 cm³/mol. The van der Waals surface area contributed by atoms with Gasteiger partial charge in [0.25, 0.3) is 0 Å². The fraction of sp³-hybridized carbons (Fsp3) is 0.143. The van der Waals surface area contributed by atoms with Crippen LogP contribution in [-0.4, -0.2) is 16.3 Å². The first-order valence-corrected chi connectivity index (χ1v) is 8.07. The lowest BCUT2D eigenvalue weighted by Gasteiger charge is -2.09. The third kappa shape index (κ3) is 2.41. The van der Waals surface area contributed by atoms with E-state index in [1.807, 2.05) is 0 Å². The normalized spacial score (nSPS) is 11.3. The summed E-state index contributed by atoms with van der Waals surface area (Å²) in [5.74, 6) is 0. The van der Waals surface area contributed by atoms with Crippen LogP contribution in [0.1, 0.15) is 12.0 Å². The molecule has 23 heavy (non-hydrogen) atoms. The van der Waals surface area contributed by atoms with Gasteiger partial charge < -0.3 is 9.67 Å². The van der Waals surface area contributed by atoms with Crippen LogP contribution >= 0.6 is 0 Å². The maximum absolute atomic E-state index is 8.97. The van der Waals surface area contributed by atoms with Gasteiger partial charge in [0.2, 0.25) is 0 Å². The van der Waals surface area contributed by atoms with E-state index in [2.05, 4.69) is 77.4 Å². The van der Waals surface area contributed by atoms with Gasteiger partial charge in [-0.2, -0.15) is 0 Å². The molecule has 4 aromatic rings. The van der Waals surface area contributed by atoms with Crippen LogP contribution in [0.5, 0.6) is 0 Å². The van der Waals surface area contributed by atoms with Gasteiger partial charge in [0.1, 0.15) is 0 Å². The summed E-state index contributed by atoms with van der Waals surface area (Å²) < 4.78 is 2.32. The third-order valence-corrected chi connectivity index (χ3v) is 4.40. The molecule has 0 radical (unpaired) electrons. The molecule has 1 heterocycles. The van der Waals surface area contributed by atoms with Crippen LogP contribution in [0.15, 0.2) is 72.8 Å². The first-order chi connectivity index (χ1) is 11.4. The van der Waals surface area contributed by atoms with Crippen LogP contribution in [0, 0.1) is 0 Å². The molecule has 1 aromatic heterocycles. The van der Waals surface area contributed by atoms with E-state index in [1.54, 1.807) is 0 Å². The first kappa shape index (κ1) is 14.0. The minimum absolute atomic E-state index is 0.245. The summed E-state index contributed by atoms with van der Waals surface area (Å²) in [6.07, 6.45) is 1.73. The lowest BCUT2D eigenvalue weighted by atomic mass is 10.1. The molecule has 0 atom stereocenters. The van der Waals surface area contributed by atoms with Crippen molar-refractivity contribution in [2.24, 2.45) is 0 Å². The van der Waals surface area contributed by atoms with E-state index in [0.29, 0.717) is 0 Å². The number of benzene rings is 3. The zero-order valence-electron chi connectivity index (χ0n) is 12.9. The molecule has 0 saturated carbocycles. The number of aromatic nitrogens is 1. The Kier molecular flexibility index (Phi) is 3.60. The number of rotatable bonds is 4. The molecule has 0 spiro atoms. The number of aryl methyl sites for hydroxylation is 1. The molecule has 2 nitrogen and oxygen atoms in total. The summed E-state index contributed by atoms with van der Waals surface area (Å²) in [6, 6.07) is 25.8. The number of hydrogen-bond donors (Lipinski definition) is 1. The lowest BCUT2D eigenvalue weighted by Crippen LogP contribution is -1.95. The Morgan fingerprint density at radius 1 is 0.696 bits per heavy atom. The highest BCUT2D eigenvalue weighted by atomic mass is 16.2. The van der Waals surface area contributed by atoms with E-state index < -0.39 is 0 Å². The smallest absolute Gasteiger partial charge is 0.0541 e. The number of aliphatic hydroxyl groups excluding tert-OH is 1. The highest BCUT2D eigenvalue weighted by Gasteiger charge is 2.10. The largest absolute Gasteiger partial charge is 0.396 e. The molecule has 2 heteroatoms. The Balaban J connectivity index is 1.90. The van der Waals surface area contributed by atoms with Crippen LogP contribution in [0.3, 0.4) is 0 Å². The molecule has 3 aromatic carbocycles. The molecule has 114 valence electrons. The first-order valence-electron chi connectivity index (χ1n) is 8.07. The number of aliphatic hydroxyl groups is 1. The van der Waals surface area contributed by atoms with Crippen molar-refractivity contribution in [1.29, 1.82) is 0 Å². The molecular formula is C21H19NO. The number of hydrogen-bond acceptors (Lipinski definition) is 1. The van der Waals surface area contributed by atoms with Crippen molar-refractivity contribution < 1.29 is 5.11 Å². The Morgan fingerprint density at radius 2 is 1.26 bits per heavy atom. The second-order valence-corrected chi connectivity index (χ2v) is 5.86. The van der Waals surface area contributed by atoms with Crippen molar-refractivity contribution in [2.45, 2.75) is 12.8 Å². The lowest BCUT2D eigenvalue weighted by molar-refractivity contribution is 0.288. The molecule has 0 saturated heterocycles. The van der Waals surface area contributed by atoms with Crippen molar-refractivity contribution in [3.05, 3.63) is 78.4 Å². The van der Waals surface area contributed by atoms with Gasteiger partial charge in [0.15, 0.2) is 0 Å². The highest BCUT2D eigenvalue weighted by Crippen LogP contribution is 2.31. The number of para-hydroxylation sites is 2. The topological polar surface area (TPSA) is 25.2 Å². The van der Waals surface area contributed by atoms with Crippen molar-refractivity contribution in [3.63, 3.8) is 0 Å². The van der Waals surface area contributed by atoms with E-state index in [1.165, 1.54) is 33.1 Å². The summed E-state index contributed by atoms with van der Waals surface area (Å²) in [4.78, 5) is 0. The molecule has 0 fully saturated rings. The fourth-order valence-corrected chi connectivity index (χ4v) is 3.30.